The first-order chi connectivity index (χ1) is 12.3. The van der Waals surface area contributed by atoms with Gasteiger partial charge in [-0.25, -0.2) is 4.79 Å². The predicted octanol–water partition coefficient (Wildman–Crippen LogP) is 1.74. The highest BCUT2D eigenvalue weighted by Crippen LogP contribution is 2.42. The van der Waals surface area contributed by atoms with E-state index < -0.39 is 29.2 Å². The largest absolute Gasteiger partial charge is 0.467 e. The summed E-state index contributed by atoms with van der Waals surface area (Å²) in [5, 5.41) is 10.8. The smallest absolute Gasteiger partial charge is 0.343 e. The summed E-state index contributed by atoms with van der Waals surface area (Å²) in [5.41, 5.74) is -0.942. The topological polar surface area (TPSA) is 83.5 Å². The quantitative estimate of drug-likeness (QED) is 0.768. The number of ether oxygens (including phenoxy) is 5. The van der Waals surface area contributed by atoms with E-state index in [1.54, 1.807) is 19.9 Å². The maximum Gasteiger partial charge on any atom is 0.343 e. The Morgan fingerprint density at radius 1 is 1.15 bits per heavy atom. The third kappa shape index (κ3) is 3.54. The van der Waals surface area contributed by atoms with Crippen molar-refractivity contribution in [2.24, 2.45) is 0 Å². The molecule has 2 rings (SSSR count). The van der Waals surface area contributed by atoms with Gasteiger partial charge >= 0.3 is 5.97 Å². The molecule has 0 aromatic heterocycles. The molecule has 1 aliphatic heterocycles. The third-order valence-corrected chi connectivity index (χ3v) is 4.82. The summed E-state index contributed by atoms with van der Waals surface area (Å²) >= 11 is 0. The van der Waals surface area contributed by atoms with Gasteiger partial charge in [0.05, 0.1) is 13.7 Å². The van der Waals surface area contributed by atoms with Gasteiger partial charge in [-0.15, -0.1) is 0 Å². The second kappa shape index (κ2) is 7.85. The molecule has 0 amide bonds. The number of esters is 1. The van der Waals surface area contributed by atoms with Gasteiger partial charge in [0.25, 0.3) is 0 Å². The van der Waals surface area contributed by atoms with Crippen LogP contribution in [-0.2, 0) is 28.5 Å². The average molecular weight is 366 g/mol. The van der Waals surface area contributed by atoms with Crippen LogP contribution in [0.15, 0.2) is 36.4 Å². The summed E-state index contributed by atoms with van der Waals surface area (Å²) in [5.74, 6) is -3.51. The highest BCUT2D eigenvalue weighted by molar-refractivity contribution is 5.81. The summed E-state index contributed by atoms with van der Waals surface area (Å²) in [7, 11) is 4.06. The number of benzene rings is 1. The van der Waals surface area contributed by atoms with Crippen molar-refractivity contribution in [2.45, 2.75) is 37.1 Å². The van der Waals surface area contributed by atoms with Gasteiger partial charge in [0, 0.05) is 14.2 Å². The maximum atomic E-state index is 12.5. The molecular weight excluding hydrogens is 340 g/mol. The first-order valence-electron chi connectivity index (χ1n) is 8.21. The Balaban J connectivity index is 2.37. The molecule has 7 nitrogen and oxygen atoms in total. The van der Waals surface area contributed by atoms with Gasteiger partial charge < -0.3 is 28.8 Å². The van der Waals surface area contributed by atoms with Gasteiger partial charge in [0.15, 0.2) is 0 Å². The number of hydrogen-bond donors (Lipinski definition) is 1. The first-order valence-corrected chi connectivity index (χ1v) is 8.21. The fourth-order valence-corrected chi connectivity index (χ4v) is 2.78. The van der Waals surface area contributed by atoms with Crippen LogP contribution < -0.4 is 0 Å². The molecule has 1 aromatic carbocycles. The number of aliphatic hydroxyl groups excluding tert-OH is 1. The number of carbonyl (C=O) groups is 1. The van der Waals surface area contributed by atoms with Crippen LogP contribution in [0.5, 0.6) is 0 Å². The number of carbonyl (C=O) groups excluding carboxylic acids is 1. The van der Waals surface area contributed by atoms with Crippen molar-refractivity contribution in [3.8, 4) is 0 Å². The molecule has 7 heteroatoms. The Morgan fingerprint density at radius 3 is 2.31 bits per heavy atom. The summed E-state index contributed by atoms with van der Waals surface area (Å²) in [4.78, 5) is 12.5. The summed E-state index contributed by atoms with van der Waals surface area (Å²) in [6, 6.07) is 9.36. The van der Waals surface area contributed by atoms with Crippen LogP contribution in [0, 0.1) is 0 Å². The molecule has 0 radical (unpaired) electrons. The van der Waals surface area contributed by atoms with E-state index in [1.165, 1.54) is 27.4 Å². The molecule has 1 aliphatic rings. The minimum absolute atomic E-state index is 0.275. The SMILES string of the molecule is COC(=O)[C@]1([C@H](O)/C=C/c2ccccc2)CO[C@@](C)(OC)[C@](C)(OC)O1. The second-order valence-corrected chi connectivity index (χ2v) is 6.29. The van der Waals surface area contributed by atoms with Gasteiger partial charge in [0.1, 0.15) is 6.10 Å². The Bertz CT molecular complexity index is 647. The first kappa shape index (κ1) is 20.5. The molecule has 1 heterocycles. The van der Waals surface area contributed by atoms with Crippen molar-refractivity contribution < 1.29 is 33.6 Å². The van der Waals surface area contributed by atoms with Crippen molar-refractivity contribution >= 4 is 12.0 Å². The summed E-state index contributed by atoms with van der Waals surface area (Å²) < 4.78 is 27.4. The molecular formula is C19H26O7. The van der Waals surface area contributed by atoms with Crippen LogP contribution in [0.25, 0.3) is 6.08 Å². The van der Waals surface area contributed by atoms with Crippen molar-refractivity contribution in [3.63, 3.8) is 0 Å². The van der Waals surface area contributed by atoms with Gasteiger partial charge in [-0.1, -0.05) is 42.5 Å². The van der Waals surface area contributed by atoms with Gasteiger partial charge in [-0.3, -0.25) is 0 Å². The Labute approximate surface area is 153 Å². The standard InChI is InChI=1S/C19H26O7/c1-17(23-4)18(2,24-5)26-19(13-25-17,16(21)22-3)15(20)12-11-14-9-7-6-8-10-14/h6-12,15,20H,13H2,1-5H3/b12-11+/t15-,17-,18-,19-/m1/s1. The van der Waals surface area contributed by atoms with Crippen molar-refractivity contribution in [1.82, 2.24) is 0 Å². The normalized spacial score (nSPS) is 33.2. The van der Waals surface area contributed by atoms with Crippen LogP contribution in [0.1, 0.15) is 19.4 Å². The molecule has 0 bridgehead atoms. The molecule has 1 saturated heterocycles. The van der Waals surface area contributed by atoms with Gasteiger partial charge in [0.2, 0.25) is 17.2 Å². The van der Waals surface area contributed by atoms with E-state index in [0.717, 1.165) is 5.56 Å². The lowest BCUT2D eigenvalue weighted by atomic mass is 9.92. The second-order valence-electron chi connectivity index (χ2n) is 6.29. The van der Waals surface area contributed by atoms with E-state index in [4.69, 9.17) is 23.7 Å². The molecule has 144 valence electrons. The van der Waals surface area contributed by atoms with Crippen molar-refractivity contribution in [2.75, 3.05) is 27.9 Å². The molecule has 1 fully saturated rings. The van der Waals surface area contributed by atoms with E-state index in [-0.39, 0.29) is 6.61 Å². The van der Waals surface area contributed by atoms with E-state index in [2.05, 4.69) is 0 Å². The van der Waals surface area contributed by atoms with Crippen LogP contribution >= 0.6 is 0 Å². The number of rotatable bonds is 6. The predicted molar refractivity (Wildman–Crippen MR) is 94.1 cm³/mol. The lowest BCUT2D eigenvalue weighted by Gasteiger charge is -2.53. The minimum Gasteiger partial charge on any atom is -0.467 e. The van der Waals surface area contributed by atoms with Crippen LogP contribution in [0.3, 0.4) is 0 Å². The van der Waals surface area contributed by atoms with E-state index in [9.17, 15) is 9.90 Å². The minimum atomic E-state index is -1.80. The molecule has 0 unspecified atom stereocenters. The fourth-order valence-electron chi connectivity index (χ4n) is 2.78. The summed E-state index contributed by atoms with van der Waals surface area (Å²) in [6.45, 7) is 2.92. The highest BCUT2D eigenvalue weighted by Gasteiger charge is 2.63. The average Bonchev–Trinajstić information content (AvgIpc) is 2.68. The summed E-state index contributed by atoms with van der Waals surface area (Å²) in [6.07, 6.45) is 1.81. The zero-order chi connectivity index (χ0) is 19.4. The van der Waals surface area contributed by atoms with Gasteiger partial charge in [-0.2, -0.15) is 0 Å². The number of hydrogen-bond acceptors (Lipinski definition) is 7. The van der Waals surface area contributed by atoms with E-state index in [1.807, 2.05) is 30.3 Å². The zero-order valence-electron chi connectivity index (χ0n) is 15.7. The van der Waals surface area contributed by atoms with Crippen molar-refractivity contribution in [3.05, 3.63) is 42.0 Å². The Kier molecular flexibility index (Phi) is 6.21. The molecule has 0 saturated carbocycles. The maximum absolute atomic E-state index is 12.5. The molecule has 1 N–H and O–H groups in total. The Morgan fingerprint density at radius 2 is 1.77 bits per heavy atom. The highest BCUT2D eigenvalue weighted by atomic mass is 16.8. The third-order valence-electron chi connectivity index (χ3n) is 4.82. The van der Waals surface area contributed by atoms with Crippen LogP contribution in [0.2, 0.25) is 0 Å². The lowest BCUT2D eigenvalue weighted by molar-refractivity contribution is -0.451. The molecule has 1 aromatic rings. The molecule has 26 heavy (non-hydrogen) atoms. The van der Waals surface area contributed by atoms with Crippen LogP contribution in [-0.4, -0.2) is 62.3 Å². The molecule has 0 aliphatic carbocycles. The Hall–Kier alpha value is -1.77. The fraction of sp³-hybridized carbons (Fsp3) is 0.526. The van der Waals surface area contributed by atoms with Gasteiger partial charge in [-0.05, 0) is 19.4 Å². The monoisotopic (exact) mass is 366 g/mol. The molecule has 4 atom stereocenters. The van der Waals surface area contributed by atoms with E-state index >= 15 is 0 Å². The van der Waals surface area contributed by atoms with Crippen molar-refractivity contribution in [1.29, 1.82) is 0 Å². The number of aliphatic hydroxyl groups is 1. The zero-order valence-corrected chi connectivity index (χ0v) is 15.7. The number of methoxy groups -OCH3 is 3. The van der Waals surface area contributed by atoms with Crippen LogP contribution in [0.4, 0.5) is 0 Å². The molecule has 0 spiro atoms. The lowest BCUT2D eigenvalue weighted by Crippen LogP contribution is -2.71. The van der Waals surface area contributed by atoms with E-state index in [0.29, 0.717) is 0 Å².